The number of amides is 1. The lowest BCUT2D eigenvalue weighted by molar-refractivity contribution is -0.143. The highest BCUT2D eigenvalue weighted by atomic mass is 32.1. The summed E-state index contributed by atoms with van der Waals surface area (Å²) in [6.07, 6.45) is -10.00. The SMILES string of the molecule is Cc1nc(CNC(=O)c2cc(C(F)(F)F)cc(C(F)(F)F)c2)cs1. The monoisotopic (exact) mass is 368 g/mol. The number of hydrogen-bond donors (Lipinski definition) is 1. The van der Waals surface area contributed by atoms with Gasteiger partial charge in [-0.05, 0) is 25.1 Å². The minimum atomic E-state index is -5.00. The first-order valence-electron chi connectivity index (χ1n) is 6.45. The van der Waals surface area contributed by atoms with Crippen LogP contribution in [0.5, 0.6) is 0 Å². The van der Waals surface area contributed by atoms with E-state index in [-0.39, 0.29) is 12.6 Å². The normalized spacial score (nSPS) is 12.3. The van der Waals surface area contributed by atoms with Crippen LogP contribution in [0.3, 0.4) is 0 Å². The second-order valence-corrected chi connectivity index (χ2v) is 5.90. The molecule has 3 nitrogen and oxygen atoms in total. The number of thiazole rings is 1. The molecule has 0 spiro atoms. The molecule has 0 radical (unpaired) electrons. The maximum Gasteiger partial charge on any atom is 0.416 e. The van der Waals surface area contributed by atoms with E-state index in [1.165, 1.54) is 11.3 Å². The number of nitrogens with zero attached hydrogens (tertiary/aromatic N) is 1. The highest BCUT2D eigenvalue weighted by Crippen LogP contribution is 2.36. The molecule has 1 N–H and O–H groups in total. The lowest BCUT2D eigenvalue weighted by Crippen LogP contribution is -2.24. The molecule has 2 rings (SSSR count). The first-order chi connectivity index (χ1) is 11.0. The smallest absolute Gasteiger partial charge is 0.346 e. The van der Waals surface area contributed by atoms with Gasteiger partial charge in [0.25, 0.3) is 5.91 Å². The van der Waals surface area contributed by atoms with Crippen molar-refractivity contribution < 1.29 is 31.1 Å². The Kier molecular flexibility index (Phi) is 4.88. The topological polar surface area (TPSA) is 42.0 Å². The van der Waals surface area contributed by atoms with Crippen LogP contribution in [0.2, 0.25) is 0 Å². The van der Waals surface area contributed by atoms with Gasteiger partial charge in [-0.25, -0.2) is 4.98 Å². The van der Waals surface area contributed by atoms with Gasteiger partial charge in [0.05, 0.1) is 28.4 Å². The quantitative estimate of drug-likeness (QED) is 0.815. The molecule has 0 atom stereocenters. The van der Waals surface area contributed by atoms with Crippen molar-refractivity contribution in [3.8, 4) is 0 Å². The van der Waals surface area contributed by atoms with E-state index in [1.54, 1.807) is 12.3 Å². The number of halogens is 6. The predicted molar refractivity (Wildman–Crippen MR) is 74.5 cm³/mol. The Balaban J connectivity index is 2.28. The van der Waals surface area contributed by atoms with Gasteiger partial charge in [-0.1, -0.05) is 0 Å². The van der Waals surface area contributed by atoms with Crippen LogP contribution in [-0.4, -0.2) is 10.9 Å². The highest BCUT2D eigenvalue weighted by Gasteiger charge is 2.37. The van der Waals surface area contributed by atoms with Crippen molar-refractivity contribution in [2.45, 2.75) is 25.8 Å². The number of alkyl halides is 6. The molecule has 0 aliphatic carbocycles. The number of benzene rings is 1. The van der Waals surface area contributed by atoms with Crippen LogP contribution in [-0.2, 0) is 18.9 Å². The summed E-state index contributed by atoms with van der Waals surface area (Å²) in [6.45, 7) is 1.62. The van der Waals surface area contributed by atoms with Gasteiger partial charge in [0.1, 0.15) is 0 Å². The molecule has 0 fully saturated rings. The van der Waals surface area contributed by atoms with Gasteiger partial charge < -0.3 is 5.32 Å². The fourth-order valence-corrected chi connectivity index (χ4v) is 2.46. The largest absolute Gasteiger partial charge is 0.416 e. The third-order valence-corrected chi connectivity index (χ3v) is 3.77. The van der Waals surface area contributed by atoms with Gasteiger partial charge in [0.15, 0.2) is 0 Å². The number of hydrogen-bond acceptors (Lipinski definition) is 3. The molecule has 0 aliphatic rings. The number of carbonyl (C=O) groups excluding carboxylic acids is 1. The average Bonchev–Trinajstić information content (AvgIpc) is 2.88. The second-order valence-electron chi connectivity index (χ2n) is 4.84. The molecule has 1 aromatic carbocycles. The number of carbonyl (C=O) groups is 1. The van der Waals surface area contributed by atoms with Gasteiger partial charge in [-0.3, -0.25) is 4.79 Å². The van der Waals surface area contributed by atoms with E-state index < -0.39 is 35.0 Å². The summed E-state index contributed by atoms with van der Waals surface area (Å²) < 4.78 is 76.5. The minimum Gasteiger partial charge on any atom is -0.346 e. The van der Waals surface area contributed by atoms with E-state index in [0.717, 1.165) is 5.01 Å². The Morgan fingerprint density at radius 3 is 2.04 bits per heavy atom. The standard InChI is InChI=1S/C14H10F6N2OS/c1-7-22-11(6-24-7)5-21-12(23)8-2-9(13(15,16)17)4-10(3-8)14(18,19)20/h2-4,6H,5H2,1H3,(H,21,23). The van der Waals surface area contributed by atoms with Crippen molar-refractivity contribution in [1.82, 2.24) is 10.3 Å². The van der Waals surface area contributed by atoms with Crippen molar-refractivity contribution >= 4 is 17.2 Å². The fourth-order valence-electron chi connectivity index (χ4n) is 1.85. The molecular formula is C14H10F6N2OS. The molecule has 0 aliphatic heterocycles. The van der Waals surface area contributed by atoms with Gasteiger partial charge >= 0.3 is 12.4 Å². The van der Waals surface area contributed by atoms with Gasteiger partial charge in [-0.2, -0.15) is 26.3 Å². The molecular weight excluding hydrogens is 358 g/mol. The van der Waals surface area contributed by atoms with E-state index >= 15 is 0 Å². The van der Waals surface area contributed by atoms with Crippen molar-refractivity contribution in [3.63, 3.8) is 0 Å². The van der Waals surface area contributed by atoms with Gasteiger partial charge in [0, 0.05) is 10.9 Å². The Labute approximate surface area is 136 Å². The maximum atomic E-state index is 12.7. The first-order valence-corrected chi connectivity index (χ1v) is 7.33. The number of rotatable bonds is 3. The Bertz CT molecular complexity index is 718. The molecule has 2 aromatic rings. The van der Waals surface area contributed by atoms with Crippen LogP contribution in [0.1, 0.15) is 32.2 Å². The molecule has 10 heteroatoms. The predicted octanol–water partition coefficient (Wildman–Crippen LogP) is 4.42. The van der Waals surface area contributed by atoms with Crippen molar-refractivity contribution in [1.29, 1.82) is 0 Å². The number of aromatic nitrogens is 1. The summed E-state index contributed by atoms with van der Waals surface area (Å²) >= 11 is 1.30. The lowest BCUT2D eigenvalue weighted by Gasteiger charge is -2.14. The van der Waals surface area contributed by atoms with Crippen LogP contribution in [0, 0.1) is 6.92 Å². The van der Waals surface area contributed by atoms with E-state index in [2.05, 4.69) is 10.3 Å². The Hall–Kier alpha value is -2.10. The van der Waals surface area contributed by atoms with Crippen LogP contribution >= 0.6 is 11.3 Å². The second kappa shape index (κ2) is 6.42. The fraction of sp³-hybridized carbons (Fsp3) is 0.286. The number of aryl methyl sites for hydroxylation is 1. The Morgan fingerprint density at radius 2 is 1.62 bits per heavy atom. The van der Waals surface area contributed by atoms with Crippen molar-refractivity contribution in [2.75, 3.05) is 0 Å². The average molecular weight is 368 g/mol. The minimum absolute atomic E-state index is 0.0272. The molecule has 0 saturated carbocycles. The zero-order valence-corrected chi connectivity index (χ0v) is 12.9. The molecule has 0 saturated heterocycles. The molecule has 1 amide bonds. The van der Waals surface area contributed by atoms with Crippen LogP contribution in [0.4, 0.5) is 26.3 Å². The third kappa shape index (κ3) is 4.47. The van der Waals surface area contributed by atoms with E-state index in [0.29, 0.717) is 17.8 Å². The summed E-state index contributed by atoms with van der Waals surface area (Å²) in [5.74, 6) is -1.04. The van der Waals surface area contributed by atoms with E-state index in [9.17, 15) is 31.1 Å². The van der Waals surface area contributed by atoms with Crippen LogP contribution < -0.4 is 5.32 Å². The van der Waals surface area contributed by atoms with E-state index in [4.69, 9.17) is 0 Å². The third-order valence-electron chi connectivity index (χ3n) is 2.95. The summed E-state index contributed by atoms with van der Waals surface area (Å²) in [4.78, 5) is 15.9. The molecule has 0 bridgehead atoms. The summed E-state index contributed by atoms with van der Waals surface area (Å²) in [7, 11) is 0. The van der Waals surface area contributed by atoms with Crippen molar-refractivity contribution in [3.05, 3.63) is 51.0 Å². The van der Waals surface area contributed by atoms with Gasteiger partial charge in [-0.15, -0.1) is 11.3 Å². The van der Waals surface area contributed by atoms with Crippen LogP contribution in [0.25, 0.3) is 0 Å². The zero-order valence-electron chi connectivity index (χ0n) is 12.0. The van der Waals surface area contributed by atoms with Crippen LogP contribution in [0.15, 0.2) is 23.6 Å². The highest BCUT2D eigenvalue weighted by molar-refractivity contribution is 7.09. The molecule has 130 valence electrons. The first kappa shape index (κ1) is 18.2. The lowest BCUT2D eigenvalue weighted by atomic mass is 10.0. The molecule has 1 heterocycles. The molecule has 24 heavy (non-hydrogen) atoms. The van der Waals surface area contributed by atoms with Crippen molar-refractivity contribution in [2.24, 2.45) is 0 Å². The summed E-state index contributed by atoms with van der Waals surface area (Å²) in [6, 6.07) is 0.744. The van der Waals surface area contributed by atoms with E-state index in [1.807, 2.05) is 0 Å². The van der Waals surface area contributed by atoms with Gasteiger partial charge in [0.2, 0.25) is 0 Å². The summed E-state index contributed by atoms with van der Waals surface area (Å²) in [5, 5.41) is 4.60. The maximum absolute atomic E-state index is 12.7. The molecule has 0 unspecified atom stereocenters. The molecule has 1 aromatic heterocycles. The summed E-state index contributed by atoms with van der Waals surface area (Å²) in [5.41, 5.74) is -3.32. The Morgan fingerprint density at radius 1 is 1.08 bits per heavy atom. The number of nitrogens with one attached hydrogen (secondary N) is 1. The zero-order chi connectivity index (χ0) is 18.1.